The van der Waals surface area contributed by atoms with E-state index in [1.165, 1.54) is 0 Å². The van der Waals surface area contributed by atoms with Gasteiger partial charge in [-0.05, 0) is 36.8 Å². The third-order valence-corrected chi connectivity index (χ3v) is 4.59. The average Bonchev–Trinajstić information content (AvgIpc) is 2.79. The Morgan fingerprint density at radius 1 is 1.56 bits per heavy atom. The van der Waals surface area contributed by atoms with E-state index < -0.39 is 11.5 Å². The van der Waals surface area contributed by atoms with Crippen LogP contribution in [0.4, 0.5) is 5.69 Å². The molecule has 0 saturated carbocycles. The number of hydrazine groups is 1. The number of thioether (sulfide) groups is 1. The minimum absolute atomic E-state index is 0.396. The fourth-order valence-corrected chi connectivity index (χ4v) is 3.13. The summed E-state index contributed by atoms with van der Waals surface area (Å²) in [5.74, 6) is 0.849. The molecule has 1 aromatic rings. The lowest BCUT2D eigenvalue weighted by Gasteiger charge is -2.21. The van der Waals surface area contributed by atoms with Crippen LogP contribution in [0.1, 0.15) is 12.0 Å². The van der Waals surface area contributed by atoms with Crippen molar-refractivity contribution < 1.29 is 9.90 Å². The molecule has 98 valence electrons. The van der Waals surface area contributed by atoms with E-state index in [9.17, 15) is 9.90 Å². The molecule has 2 rings (SSSR count). The standard InChI is InChI=1S/C12H15ClN2O2S/c1-8-9(13)3-2-4-10(8)14-15-11(16)12(17)5-6-18-7-12/h2-4,14,17H,5-7H2,1H3,(H,15,16). The maximum atomic E-state index is 11.9. The van der Waals surface area contributed by atoms with E-state index in [0.717, 1.165) is 17.0 Å². The smallest absolute Gasteiger partial charge is 0.271 e. The molecule has 4 nitrogen and oxygen atoms in total. The fourth-order valence-electron chi connectivity index (χ4n) is 1.72. The summed E-state index contributed by atoms with van der Waals surface area (Å²) >= 11 is 7.56. The minimum Gasteiger partial charge on any atom is -0.379 e. The molecule has 1 amide bonds. The van der Waals surface area contributed by atoms with Crippen LogP contribution in [0, 0.1) is 6.92 Å². The first kappa shape index (κ1) is 13.5. The van der Waals surface area contributed by atoms with Gasteiger partial charge in [0.25, 0.3) is 5.91 Å². The number of anilines is 1. The number of halogens is 1. The van der Waals surface area contributed by atoms with E-state index in [1.54, 1.807) is 23.9 Å². The Kier molecular flexibility index (Phi) is 4.04. The highest BCUT2D eigenvalue weighted by molar-refractivity contribution is 7.99. The summed E-state index contributed by atoms with van der Waals surface area (Å²) in [6.45, 7) is 1.86. The van der Waals surface area contributed by atoms with Crippen molar-refractivity contribution in [2.45, 2.75) is 18.9 Å². The predicted octanol–water partition coefficient (Wildman–Crippen LogP) is 1.96. The van der Waals surface area contributed by atoms with Crippen molar-refractivity contribution in [2.75, 3.05) is 16.9 Å². The lowest BCUT2D eigenvalue weighted by Crippen LogP contribution is -2.48. The van der Waals surface area contributed by atoms with Crippen molar-refractivity contribution in [3.8, 4) is 0 Å². The van der Waals surface area contributed by atoms with E-state index in [1.807, 2.05) is 13.0 Å². The molecule has 1 aliphatic rings. The van der Waals surface area contributed by atoms with Crippen molar-refractivity contribution >= 4 is 35.0 Å². The van der Waals surface area contributed by atoms with E-state index >= 15 is 0 Å². The topological polar surface area (TPSA) is 61.4 Å². The summed E-state index contributed by atoms with van der Waals surface area (Å²) < 4.78 is 0. The van der Waals surface area contributed by atoms with Crippen LogP contribution in [-0.4, -0.2) is 28.1 Å². The van der Waals surface area contributed by atoms with E-state index in [4.69, 9.17) is 11.6 Å². The number of hydrogen-bond donors (Lipinski definition) is 3. The lowest BCUT2D eigenvalue weighted by molar-refractivity contribution is -0.136. The Bertz CT molecular complexity index is 461. The summed E-state index contributed by atoms with van der Waals surface area (Å²) in [7, 11) is 0. The Morgan fingerprint density at radius 2 is 2.33 bits per heavy atom. The molecule has 1 aliphatic heterocycles. The molecule has 0 aromatic heterocycles. The van der Waals surface area contributed by atoms with Crippen LogP contribution in [0.5, 0.6) is 0 Å². The Labute approximate surface area is 115 Å². The molecule has 1 heterocycles. The van der Waals surface area contributed by atoms with Gasteiger partial charge < -0.3 is 5.11 Å². The van der Waals surface area contributed by atoms with Gasteiger partial charge in [0.1, 0.15) is 0 Å². The molecule has 1 saturated heterocycles. The van der Waals surface area contributed by atoms with Gasteiger partial charge in [-0.2, -0.15) is 11.8 Å². The fraction of sp³-hybridized carbons (Fsp3) is 0.417. The summed E-state index contributed by atoms with van der Waals surface area (Å²) in [5, 5.41) is 10.7. The maximum Gasteiger partial charge on any atom is 0.271 e. The molecule has 18 heavy (non-hydrogen) atoms. The highest BCUT2D eigenvalue weighted by Gasteiger charge is 2.39. The van der Waals surface area contributed by atoms with Crippen molar-refractivity contribution in [2.24, 2.45) is 0 Å². The monoisotopic (exact) mass is 286 g/mol. The van der Waals surface area contributed by atoms with Crippen LogP contribution in [0.25, 0.3) is 0 Å². The molecule has 0 spiro atoms. The van der Waals surface area contributed by atoms with Crippen molar-refractivity contribution in [3.05, 3.63) is 28.8 Å². The minimum atomic E-state index is -1.26. The Balaban J connectivity index is 1.99. The molecule has 0 radical (unpaired) electrons. The molecule has 1 fully saturated rings. The largest absolute Gasteiger partial charge is 0.379 e. The molecule has 6 heteroatoms. The first-order chi connectivity index (χ1) is 8.53. The van der Waals surface area contributed by atoms with Crippen LogP contribution in [-0.2, 0) is 4.79 Å². The number of carbonyl (C=O) groups is 1. The van der Waals surface area contributed by atoms with Gasteiger partial charge in [0.15, 0.2) is 5.60 Å². The molecule has 1 aromatic carbocycles. The second-order valence-electron chi connectivity index (χ2n) is 4.33. The number of amides is 1. The average molecular weight is 287 g/mol. The van der Waals surface area contributed by atoms with Crippen LogP contribution >= 0.6 is 23.4 Å². The zero-order valence-corrected chi connectivity index (χ0v) is 11.6. The van der Waals surface area contributed by atoms with Crippen LogP contribution in [0.2, 0.25) is 5.02 Å². The molecule has 1 unspecified atom stereocenters. The first-order valence-corrected chi connectivity index (χ1v) is 7.18. The maximum absolute atomic E-state index is 11.9. The lowest BCUT2D eigenvalue weighted by atomic mass is 10.0. The zero-order chi connectivity index (χ0) is 13.2. The summed E-state index contributed by atoms with van der Waals surface area (Å²) in [6, 6.07) is 5.39. The number of carbonyl (C=O) groups excluding carboxylic acids is 1. The van der Waals surface area contributed by atoms with Crippen molar-refractivity contribution in [1.82, 2.24) is 5.43 Å². The molecule has 0 bridgehead atoms. The molecule has 3 N–H and O–H groups in total. The van der Waals surface area contributed by atoms with E-state index in [-0.39, 0.29) is 0 Å². The highest BCUT2D eigenvalue weighted by Crippen LogP contribution is 2.28. The molecular weight excluding hydrogens is 272 g/mol. The highest BCUT2D eigenvalue weighted by atomic mass is 35.5. The Hall–Kier alpha value is -0.910. The first-order valence-electron chi connectivity index (χ1n) is 5.65. The van der Waals surface area contributed by atoms with Gasteiger partial charge in [-0.25, -0.2) is 0 Å². The summed E-state index contributed by atoms with van der Waals surface area (Å²) in [5.41, 5.74) is 5.66. The van der Waals surface area contributed by atoms with Gasteiger partial charge in [0.05, 0.1) is 5.69 Å². The normalized spacial score (nSPS) is 22.8. The zero-order valence-electron chi connectivity index (χ0n) is 10.00. The number of rotatable bonds is 3. The molecule has 1 atom stereocenters. The van der Waals surface area contributed by atoms with Gasteiger partial charge in [0, 0.05) is 10.8 Å². The SMILES string of the molecule is Cc1c(Cl)cccc1NNC(=O)C1(O)CCSC1. The Morgan fingerprint density at radius 3 is 3.00 bits per heavy atom. The van der Waals surface area contributed by atoms with E-state index in [2.05, 4.69) is 10.9 Å². The molecular formula is C12H15ClN2O2S. The van der Waals surface area contributed by atoms with Crippen LogP contribution in [0.15, 0.2) is 18.2 Å². The van der Waals surface area contributed by atoms with Gasteiger partial charge in [-0.15, -0.1) is 0 Å². The van der Waals surface area contributed by atoms with Crippen molar-refractivity contribution in [1.29, 1.82) is 0 Å². The van der Waals surface area contributed by atoms with Gasteiger partial charge in [0.2, 0.25) is 0 Å². The number of benzene rings is 1. The van der Waals surface area contributed by atoms with Crippen LogP contribution in [0.3, 0.4) is 0 Å². The second-order valence-corrected chi connectivity index (χ2v) is 5.84. The molecule has 0 aliphatic carbocycles. The third kappa shape index (κ3) is 2.74. The van der Waals surface area contributed by atoms with E-state index in [0.29, 0.717) is 17.2 Å². The third-order valence-electron chi connectivity index (χ3n) is 3.00. The summed E-state index contributed by atoms with van der Waals surface area (Å²) in [6.07, 6.45) is 0.486. The summed E-state index contributed by atoms with van der Waals surface area (Å²) in [4.78, 5) is 11.9. The number of hydrogen-bond acceptors (Lipinski definition) is 4. The predicted molar refractivity (Wildman–Crippen MR) is 74.8 cm³/mol. The second kappa shape index (κ2) is 5.38. The van der Waals surface area contributed by atoms with Crippen LogP contribution < -0.4 is 10.9 Å². The quantitative estimate of drug-likeness (QED) is 0.744. The number of nitrogens with one attached hydrogen (secondary N) is 2. The van der Waals surface area contributed by atoms with Gasteiger partial charge in [-0.3, -0.25) is 15.6 Å². The van der Waals surface area contributed by atoms with Gasteiger partial charge >= 0.3 is 0 Å². The van der Waals surface area contributed by atoms with Gasteiger partial charge in [-0.1, -0.05) is 17.7 Å². The van der Waals surface area contributed by atoms with Crippen molar-refractivity contribution in [3.63, 3.8) is 0 Å². The number of aliphatic hydroxyl groups is 1.